The van der Waals surface area contributed by atoms with E-state index in [0.717, 1.165) is 0 Å². The number of benzene rings is 1. The zero-order valence-corrected chi connectivity index (χ0v) is 6.91. The molecule has 0 atom stereocenters. The zero-order valence-electron chi connectivity index (χ0n) is 6.91. The number of hydrogen-bond acceptors (Lipinski definition) is 3. The zero-order chi connectivity index (χ0) is 9.68. The lowest BCUT2D eigenvalue weighted by Gasteiger charge is -1.97. The molecule has 0 aromatic heterocycles. The van der Waals surface area contributed by atoms with Crippen molar-refractivity contribution in [2.24, 2.45) is 0 Å². The summed E-state index contributed by atoms with van der Waals surface area (Å²) in [5, 5.41) is 17.5. The number of nitriles is 1. The Morgan fingerprint density at radius 2 is 2.23 bits per heavy atom. The van der Waals surface area contributed by atoms with Crippen molar-refractivity contribution in [1.29, 1.82) is 5.26 Å². The molecule has 0 spiro atoms. The van der Waals surface area contributed by atoms with E-state index in [-0.39, 0.29) is 12.2 Å². The highest BCUT2D eigenvalue weighted by Gasteiger charge is 1.96. The Bertz CT molecular complexity index is 407. The summed E-state index contributed by atoms with van der Waals surface area (Å²) in [6.45, 7) is 0. The predicted octanol–water partition coefficient (Wildman–Crippen LogP) is 1.24. The third kappa shape index (κ3) is 2.43. The standard InChI is InChI=1S/C10H8N2O/c11-6-2-1-3-8-7-9(12)4-5-10(8)13/h4-5,7,13H,2,12H2. The van der Waals surface area contributed by atoms with Crippen molar-refractivity contribution in [3.05, 3.63) is 23.8 Å². The van der Waals surface area contributed by atoms with Crippen LogP contribution in [0.15, 0.2) is 18.2 Å². The second-order valence-corrected chi connectivity index (χ2v) is 2.41. The molecule has 0 aliphatic heterocycles. The molecule has 0 aliphatic rings. The Labute approximate surface area is 76.4 Å². The summed E-state index contributed by atoms with van der Waals surface area (Å²) in [6.07, 6.45) is 0.147. The molecule has 0 unspecified atom stereocenters. The molecule has 3 N–H and O–H groups in total. The molecule has 0 radical (unpaired) electrons. The minimum Gasteiger partial charge on any atom is -0.507 e. The van der Waals surface area contributed by atoms with E-state index in [2.05, 4.69) is 11.8 Å². The summed E-state index contributed by atoms with van der Waals surface area (Å²) < 4.78 is 0. The maximum Gasteiger partial charge on any atom is 0.131 e. The maximum absolute atomic E-state index is 9.29. The molecular formula is C10H8N2O. The molecule has 0 amide bonds. The molecule has 3 heteroatoms. The highest BCUT2D eigenvalue weighted by atomic mass is 16.3. The van der Waals surface area contributed by atoms with Crippen molar-refractivity contribution in [1.82, 2.24) is 0 Å². The summed E-state index contributed by atoms with van der Waals surface area (Å²) in [7, 11) is 0. The van der Waals surface area contributed by atoms with E-state index in [1.54, 1.807) is 12.1 Å². The SMILES string of the molecule is N#CCC#Cc1cc(N)ccc1O. The van der Waals surface area contributed by atoms with Gasteiger partial charge in [0.15, 0.2) is 0 Å². The number of nitrogens with two attached hydrogens (primary N) is 1. The van der Waals surface area contributed by atoms with Gasteiger partial charge in [-0.05, 0) is 18.2 Å². The summed E-state index contributed by atoms with van der Waals surface area (Å²) in [5.74, 6) is 5.33. The summed E-state index contributed by atoms with van der Waals surface area (Å²) in [4.78, 5) is 0. The Hall–Kier alpha value is -2.13. The van der Waals surface area contributed by atoms with Gasteiger partial charge in [0.2, 0.25) is 0 Å². The van der Waals surface area contributed by atoms with Gasteiger partial charge in [-0.2, -0.15) is 5.26 Å². The Morgan fingerprint density at radius 1 is 1.46 bits per heavy atom. The number of phenols is 1. The van der Waals surface area contributed by atoms with Crippen LogP contribution in [-0.2, 0) is 0 Å². The van der Waals surface area contributed by atoms with E-state index in [0.29, 0.717) is 11.3 Å². The highest BCUT2D eigenvalue weighted by molar-refractivity contribution is 5.54. The van der Waals surface area contributed by atoms with Crippen LogP contribution in [0.5, 0.6) is 5.75 Å². The normalized spacial score (nSPS) is 8.23. The number of hydrogen-bond donors (Lipinski definition) is 2. The molecule has 1 aromatic carbocycles. The first kappa shape index (κ1) is 8.96. The van der Waals surface area contributed by atoms with Gasteiger partial charge in [0.1, 0.15) is 5.75 Å². The molecule has 13 heavy (non-hydrogen) atoms. The van der Waals surface area contributed by atoms with Crippen LogP contribution < -0.4 is 5.73 Å². The lowest BCUT2D eigenvalue weighted by atomic mass is 10.2. The molecule has 64 valence electrons. The molecule has 0 saturated heterocycles. The number of nitrogen functional groups attached to an aromatic ring is 1. The average molecular weight is 172 g/mol. The predicted molar refractivity (Wildman–Crippen MR) is 49.6 cm³/mol. The molecule has 0 heterocycles. The van der Waals surface area contributed by atoms with Gasteiger partial charge in [-0.1, -0.05) is 11.8 Å². The van der Waals surface area contributed by atoms with Crippen LogP contribution in [0.3, 0.4) is 0 Å². The van der Waals surface area contributed by atoms with Crippen molar-refractivity contribution in [2.75, 3.05) is 5.73 Å². The Kier molecular flexibility index (Phi) is 2.78. The number of anilines is 1. The van der Waals surface area contributed by atoms with Gasteiger partial charge in [0.25, 0.3) is 0 Å². The van der Waals surface area contributed by atoms with Crippen LogP contribution in [-0.4, -0.2) is 5.11 Å². The first-order chi connectivity index (χ1) is 6.24. The molecule has 0 fully saturated rings. The first-order valence-electron chi connectivity index (χ1n) is 3.68. The van der Waals surface area contributed by atoms with Crippen molar-refractivity contribution < 1.29 is 5.11 Å². The largest absolute Gasteiger partial charge is 0.507 e. The van der Waals surface area contributed by atoms with Crippen LogP contribution in [0.25, 0.3) is 0 Å². The fraction of sp³-hybridized carbons (Fsp3) is 0.100. The second-order valence-electron chi connectivity index (χ2n) is 2.41. The van der Waals surface area contributed by atoms with Crippen molar-refractivity contribution in [3.8, 4) is 23.7 Å². The molecule has 0 saturated carbocycles. The maximum atomic E-state index is 9.29. The Balaban J connectivity index is 2.97. The fourth-order valence-electron chi connectivity index (χ4n) is 0.833. The van der Waals surface area contributed by atoms with E-state index in [1.807, 2.05) is 6.07 Å². The summed E-state index contributed by atoms with van der Waals surface area (Å²) in [5.41, 5.74) is 6.48. The molecule has 3 nitrogen and oxygen atoms in total. The van der Waals surface area contributed by atoms with Gasteiger partial charge < -0.3 is 10.8 Å². The minimum absolute atomic E-state index is 0.0830. The van der Waals surface area contributed by atoms with Crippen molar-refractivity contribution in [2.45, 2.75) is 6.42 Å². The first-order valence-corrected chi connectivity index (χ1v) is 3.68. The van der Waals surface area contributed by atoms with Crippen LogP contribution in [0, 0.1) is 23.2 Å². The summed E-state index contributed by atoms with van der Waals surface area (Å²) in [6, 6.07) is 6.52. The molecule has 0 bridgehead atoms. The van der Waals surface area contributed by atoms with Gasteiger partial charge in [-0.15, -0.1) is 0 Å². The van der Waals surface area contributed by atoms with Gasteiger partial charge in [0.05, 0.1) is 18.1 Å². The van der Waals surface area contributed by atoms with E-state index >= 15 is 0 Å². The van der Waals surface area contributed by atoms with Crippen molar-refractivity contribution in [3.63, 3.8) is 0 Å². The monoisotopic (exact) mass is 172 g/mol. The van der Waals surface area contributed by atoms with Gasteiger partial charge in [-0.3, -0.25) is 0 Å². The topological polar surface area (TPSA) is 70.0 Å². The van der Waals surface area contributed by atoms with E-state index < -0.39 is 0 Å². The van der Waals surface area contributed by atoms with Crippen LogP contribution in [0.2, 0.25) is 0 Å². The number of aromatic hydroxyl groups is 1. The van der Waals surface area contributed by atoms with Gasteiger partial charge in [0, 0.05) is 5.69 Å². The number of rotatable bonds is 0. The van der Waals surface area contributed by atoms with E-state index in [1.165, 1.54) is 6.07 Å². The van der Waals surface area contributed by atoms with Crippen LogP contribution in [0.4, 0.5) is 5.69 Å². The third-order valence-corrected chi connectivity index (χ3v) is 1.41. The number of phenolic OH excluding ortho intramolecular Hbond substituents is 1. The highest BCUT2D eigenvalue weighted by Crippen LogP contribution is 2.18. The quantitative estimate of drug-likeness (QED) is 0.351. The van der Waals surface area contributed by atoms with E-state index in [9.17, 15) is 5.11 Å². The van der Waals surface area contributed by atoms with Crippen molar-refractivity contribution >= 4 is 5.69 Å². The van der Waals surface area contributed by atoms with Gasteiger partial charge >= 0.3 is 0 Å². The molecule has 0 aliphatic carbocycles. The second kappa shape index (κ2) is 4.04. The van der Waals surface area contributed by atoms with E-state index in [4.69, 9.17) is 11.0 Å². The molecular weight excluding hydrogens is 164 g/mol. The van der Waals surface area contributed by atoms with Crippen LogP contribution in [0.1, 0.15) is 12.0 Å². The Morgan fingerprint density at radius 3 is 2.92 bits per heavy atom. The molecule has 1 aromatic rings. The minimum atomic E-state index is 0.0830. The average Bonchev–Trinajstić information content (AvgIpc) is 2.11. The van der Waals surface area contributed by atoms with Gasteiger partial charge in [-0.25, -0.2) is 0 Å². The number of nitrogens with zero attached hydrogens (tertiary/aromatic N) is 1. The smallest absolute Gasteiger partial charge is 0.131 e. The van der Waals surface area contributed by atoms with Crippen LogP contribution >= 0.6 is 0 Å². The third-order valence-electron chi connectivity index (χ3n) is 1.41. The lowest BCUT2D eigenvalue weighted by molar-refractivity contribution is 0.474. The summed E-state index contributed by atoms with van der Waals surface area (Å²) >= 11 is 0. The fourth-order valence-corrected chi connectivity index (χ4v) is 0.833. The lowest BCUT2D eigenvalue weighted by Crippen LogP contribution is -1.85. The molecule has 1 rings (SSSR count).